The molecule has 2 unspecified atom stereocenters. The molecule has 1 aliphatic rings. The summed E-state index contributed by atoms with van der Waals surface area (Å²) in [4.78, 5) is 0. The molecule has 1 saturated heterocycles. The maximum Gasteiger partial charge on any atom is 0.0810 e. The fourth-order valence-corrected chi connectivity index (χ4v) is 1.25. The lowest BCUT2D eigenvalue weighted by molar-refractivity contribution is -0.0621. The minimum atomic E-state index is -0.183. The van der Waals surface area contributed by atoms with Crippen LogP contribution in [0.2, 0.25) is 0 Å². The molecule has 0 saturated carbocycles. The van der Waals surface area contributed by atoms with Crippen LogP contribution in [0.15, 0.2) is 0 Å². The molecule has 0 aromatic rings. The first-order chi connectivity index (χ1) is 6.14. The van der Waals surface area contributed by atoms with Crippen molar-refractivity contribution in [2.24, 2.45) is 5.73 Å². The zero-order chi connectivity index (χ0) is 9.73. The minimum Gasteiger partial charge on any atom is -0.379 e. The van der Waals surface area contributed by atoms with Crippen LogP contribution in [0.25, 0.3) is 0 Å². The average molecular weight is 187 g/mol. The predicted octanol–water partition coefficient (Wildman–Crippen LogP) is 1.31. The topological polar surface area (TPSA) is 44.5 Å². The first-order valence-electron chi connectivity index (χ1n) is 5.12. The molecule has 0 radical (unpaired) electrons. The second-order valence-corrected chi connectivity index (χ2v) is 4.16. The molecule has 1 aliphatic heterocycles. The Morgan fingerprint density at radius 2 is 2.38 bits per heavy atom. The molecule has 1 fully saturated rings. The van der Waals surface area contributed by atoms with Gasteiger partial charge in [-0.25, -0.2) is 0 Å². The van der Waals surface area contributed by atoms with Gasteiger partial charge in [0.1, 0.15) is 0 Å². The van der Waals surface area contributed by atoms with Crippen LogP contribution in [0.3, 0.4) is 0 Å². The summed E-state index contributed by atoms with van der Waals surface area (Å²) in [5.41, 5.74) is 5.78. The van der Waals surface area contributed by atoms with Crippen molar-refractivity contribution in [2.45, 2.75) is 44.8 Å². The van der Waals surface area contributed by atoms with Gasteiger partial charge in [-0.05, 0) is 26.2 Å². The van der Waals surface area contributed by atoms with Crippen molar-refractivity contribution in [1.29, 1.82) is 0 Å². The van der Waals surface area contributed by atoms with E-state index in [1.807, 2.05) is 6.92 Å². The molecule has 0 amide bonds. The van der Waals surface area contributed by atoms with E-state index in [0.29, 0.717) is 6.61 Å². The van der Waals surface area contributed by atoms with Crippen LogP contribution < -0.4 is 5.73 Å². The molecule has 3 heteroatoms. The molecule has 0 aromatic heterocycles. The number of rotatable bonds is 4. The maximum atomic E-state index is 5.97. The number of nitrogens with two attached hydrogens (primary N) is 1. The average Bonchev–Trinajstić information content (AvgIpc) is 2.17. The van der Waals surface area contributed by atoms with Crippen LogP contribution in [-0.2, 0) is 9.47 Å². The summed E-state index contributed by atoms with van der Waals surface area (Å²) >= 11 is 0. The Morgan fingerprint density at radius 3 is 2.92 bits per heavy atom. The van der Waals surface area contributed by atoms with Crippen molar-refractivity contribution in [2.75, 3.05) is 19.8 Å². The summed E-state index contributed by atoms with van der Waals surface area (Å²) in [6.07, 6.45) is 3.43. The van der Waals surface area contributed by atoms with E-state index in [0.717, 1.165) is 32.5 Å². The quantitative estimate of drug-likeness (QED) is 0.721. The van der Waals surface area contributed by atoms with E-state index >= 15 is 0 Å². The van der Waals surface area contributed by atoms with Gasteiger partial charge in [0.05, 0.1) is 19.3 Å². The largest absolute Gasteiger partial charge is 0.379 e. The smallest absolute Gasteiger partial charge is 0.0810 e. The summed E-state index contributed by atoms with van der Waals surface area (Å²) in [6.45, 7) is 6.36. The highest BCUT2D eigenvalue weighted by Gasteiger charge is 2.20. The van der Waals surface area contributed by atoms with Gasteiger partial charge in [0.2, 0.25) is 0 Å². The van der Waals surface area contributed by atoms with Gasteiger partial charge in [0, 0.05) is 12.1 Å². The van der Waals surface area contributed by atoms with Gasteiger partial charge < -0.3 is 15.2 Å². The number of ether oxygens (including phenoxy) is 2. The Labute approximate surface area is 80.6 Å². The van der Waals surface area contributed by atoms with Gasteiger partial charge in [-0.1, -0.05) is 6.92 Å². The molecule has 2 atom stereocenters. The monoisotopic (exact) mass is 187 g/mol. The Hall–Kier alpha value is -0.120. The van der Waals surface area contributed by atoms with Crippen molar-refractivity contribution in [3.05, 3.63) is 0 Å². The van der Waals surface area contributed by atoms with E-state index in [-0.39, 0.29) is 11.6 Å². The standard InChI is InChI=1S/C10H21NO2/c1-3-10(2,11)8-13-9-5-4-6-12-7-9/h9H,3-8,11H2,1-2H3. The van der Waals surface area contributed by atoms with Crippen LogP contribution in [0.5, 0.6) is 0 Å². The zero-order valence-corrected chi connectivity index (χ0v) is 8.71. The first kappa shape index (κ1) is 11.0. The molecule has 1 heterocycles. The molecule has 3 nitrogen and oxygen atoms in total. The predicted molar refractivity (Wildman–Crippen MR) is 52.7 cm³/mol. The first-order valence-corrected chi connectivity index (χ1v) is 5.12. The van der Waals surface area contributed by atoms with Crippen molar-refractivity contribution in [1.82, 2.24) is 0 Å². The van der Waals surface area contributed by atoms with Crippen LogP contribution in [0.4, 0.5) is 0 Å². The highest BCUT2D eigenvalue weighted by molar-refractivity contribution is 4.76. The van der Waals surface area contributed by atoms with E-state index in [4.69, 9.17) is 15.2 Å². The van der Waals surface area contributed by atoms with E-state index < -0.39 is 0 Å². The van der Waals surface area contributed by atoms with Gasteiger partial charge in [-0.3, -0.25) is 0 Å². The molecule has 0 spiro atoms. The molecule has 1 rings (SSSR count). The third kappa shape index (κ3) is 4.07. The third-order valence-corrected chi connectivity index (χ3v) is 2.57. The Bertz CT molecular complexity index is 142. The van der Waals surface area contributed by atoms with Gasteiger partial charge in [-0.15, -0.1) is 0 Å². The van der Waals surface area contributed by atoms with E-state index in [2.05, 4.69) is 6.92 Å². The van der Waals surface area contributed by atoms with Crippen molar-refractivity contribution in [3.63, 3.8) is 0 Å². The summed E-state index contributed by atoms with van der Waals surface area (Å²) < 4.78 is 11.0. The van der Waals surface area contributed by atoms with E-state index in [1.54, 1.807) is 0 Å². The van der Waals surface area contributed by atoms with Crippen LogP contribution in [-0.4, -0.2) is 31.5 Å². The summed E-state index contributed by atoms with van der Waals surface area (Å²) in [7, 11) is 0. The molecule has 78 valence electrons. The lowest BCUT2D eigenvalue weighted by atomic mass is 10.0. The fourth-order valence-electron chi connectivity index (χ4n) is 1.25. The Kier molecular flexibility index (Phi) is 4.16. The number of hydrogen-bond acceptors (Lipinski definition) is 3. The highest BCUT2D eigenvalue weighted by Crippen LogP contribution is 2.13. The summed E-state index contributed by atoms with van der Waals surface area (Å²) in [6, 6.07) is 0. The van der Waals surface area contributed by atoms with Gasteiger partial charge in [0.15, 0.2) is 0 Å². The second-order valence-electron chi connectivity index (χ2n) is 4.16. The van der Waals surface area contributed by atoms with Crippen LogP contribution in [0.1, 0.15) is 33.1 Å². The third-order valence-electron chi connectivity index (χ3n) is 2.57. The lowest BCUT2D eigenvalue weighted by Crippen LogP contribution is -2.42. The van der Waals surface area contributed by atoms with Gasteiger partial charge in [-0.2, -0.15) is 0 Å². The van der Waals surface area contributed by atoms with Crippen molar-refractivity contribution < 1.29 is 9.47 Å². The maximum absolute atomic E-state index is 5.97. The molecule has 2 N–H and O–H groups in total. The van der Waals surface area contributed by atoms with E-state index in [9.17, 15) is 0 Å². The van der Waals surface area contributed by atoms with E-state index in [1.165, 1.54) is 0 Å². The SMILES string of the molecule is CCC(C)(N)COC1CCCOC1. The van der Waals surface area contributed by atoms with Crippen LogP contribution >= 0.6 is 0 Å². The molecule has 0 aliphatic carbocycles. The normalized spacial score (nSPS) is 28.4. The molecule has 0 bridgehead atoms. The second kappa shape index (κ2) is 4.94. The molecular formula is C10H21NO2. The molecular weight excluding hydrogens is 166 g/mol. The zero-order valence-electron chi connectivity index (χ0n) is 8.71. The molecule has 0 aromatic carbocycles. The Balaban J connectivity index is 2.17. The van der Waals surface area contributed by atoms with Gasteiger partial charge in [0.25, 0.3) is 0 Å². The molecule has 13 heavy (non-hydrogen) atoms. The summed E-state index contributed by atoms with van der Waals surface area (Å²) in [5.74, 6) is 0. The fraction of sp³-hybridized carbons (Fsp3) is 1.00. The minimum absolute atomic E-state index is 0.183. The van der Waals surface area contributed by atoms with Crippen molar-refractivity contribution in [3.8, 4) is 0 Å². The highest BCUT2D eigenvalue weighted by atomic mass is 16.5. The van der Waals surface area contributed by atoms with Gasteiger partial charge >= 0.3 is 0 Å². The summed E-state index contributed by atoms with van der Waals surface area (Å²) in [5, 5.41) is 0. The van der Waals surface area contributed by atoms with Crippen molar-refractivity contribution >= 4 is 0 Å². The Morgan fingerprint density at radius 1 is 1.62 bits per heavy atom. The number of hydrogen-bond donors (Lipinski definition) is 1. The lowest BCUT2D eigenvalue weighted by Gasteiger charge is -2.28. The van der Waals surface area contributed by atoms with Crippen LogP contribution in [0, 0.1) is 0 Å².